The molecule has 2 aliphatic rings. The van der Waals surface area contributed by atoms with Gasteiger partial charge in [0, 0.05) is 34.3 Å². The van der Waals surface area contributed by atoms with E-state index < -0.39 is 0 Å². The number of hydrogen-bond donors (Lipinski definition) is 0. The second-order valence-corrected chi connectivity index (χ2v) is 13.5. The Morgan fingerprint density at radius 2 is 1.60 bits per heavy atom. The summed E-state index contributed by atoms with van der Waals surface area (Å²) in [4.78, 5) is 11.0. The van der Waals surface area contributed by atoms with Crippen molar-refractivity contribution in [3.05, 3.63) is 133 Å². The van der Waals surface area contributed by atoms with Gasteiger partial charge in [-0.25, -0.2) is 9.97 Å². The van der Waals surface area contributed by atoms with Crippen LogP contribution in [0.5, 0.6) is 11.5 Å². The third-order valence-electron chi connectivity index (χ3n) is 9.67. The lowest BCUT2D eigenvalue weighted by Gasteiger charge is -2.40. The molecule has 0 radical (unpaired) electrons. The van der Waals surface area contributed by atoms with Gasteiger partial charge in [0.15, 0.2) is 5.75 Å². The van der Waals surface area contributed by atoms with Crippen molar-refractivity contribution in [1.29, 1.82) is 0 Å². The molecular weight excluding hydrogens is 577 g/mol. The van der Waals surface area contributed by atoms with E-state index in [4.69, 9.17) is 9.15 Å². The van der Waals surface area contributed by atoms with E-state index in [1.807, 2.05) is 18.2 Å². The minimum atomic E-state index is -0.133. The van der Waals surface area contributed by atoms with Crippen LogP contribution in [0.15, 0.2) is 126 Å². The topological polar surface area (TPSA) is 51.4 Å². The van der Waals surface area contributed by atoms with Gasteiger partial charge in [-0.3, -0.25) is 0 Å². The molecule has 0 aliphatic carbocycles. The SMILES string of the molecule is Cc1c(-c2ccc(C(C)(C)C)cc2)ccc2c1N(c1ccccc1)c1cccc3c1B2c1oc2ccc(-c4ccncn4)cc2c1O3. The Balaban J connectivity index is 1.28. The standard InChI is InChI=1S/C41H32BN3O2/c1-25-30(26-13-16-28(17-14-26)41(2,3)4)18-19-32-38(25)45(29-9-6-5-7-10-29)34-11-8-12-36-37(34)42(32)40-39(46-36)31-23-27(15-20-35(31)47-40)33-21-22-43-24-44-33/h5-24H,1-4H3. The quantitative estimate of drug-likeness (QED) is 0.188. The molecule has 47 heavy (non-hydrogen) atoms. The summed E-state index contributed by atoms with van der Waals surface area (Å²) >= 11 is 0. The zero-order valence-electron chi connectivity index (χ0n) is 26.8. The van der Waals surface area contributed by atoms with Crippen LogP contribution >= 0.6 is 0 Å². The Morgan fingerprint density at radius 1 is 0.787 bits per heavy atom. The van der Waals surface area contributed by atoms with E-state index in [0.717, 1.165) is 56.2 Å². The summed E-state index contributed by atoms with van der Waals surface area (Å²) in [6, 6.07) is 38.7. The van der Waals surface area contributed by atoms with E-state index in [9.17, 15) is 0 Å². The van der Waals surface area contributed by atoms with E-state index in [0.29, 0.717) is 0 Å². The first kappa shape index (κ1) is 27.7. The second kappa shape index (κ2) is 10.2. The highest BCUT2D eigenvalue weighted by atomic mass is 16.5. The van der Waals surface area contributed by atoms with Gasteiger partial charge in [0.25, 0.3) is 0 Å². The maximum Gasteiger partial charge on any atom is 0.301 e. The Kier molecular flexibility index (Phi) is 6.00. The molecule has 0 bridgehead atoms. The van der Waals surface area contributed by atoms with Crippen LogP contribution in [-0.4, -0.2) is 16.7 Å². The summed E-state index contributed by atoms with van der Waals surface area (Å²) in [5.74, 6) is 1.62. The van der Waals surface area contributed by atoms with Crippen molar-refractivity contribution in [1.82, 2.24) is 9.97 Å². The van der Waals surface area contributed by atoms with Crippen LogP contribution < -0.4 is 26.2 Å². The van der Waals surface area contributed by atoms with Crippen LogP contribution in [0.4, 0.5) is 17.1 Å². The summed E-state index contributed by atoms with van der Waals surface area (Å²) in [7, 11) is 0. The van der Waals surface area contributed by atoms with Gasteiger partial charge >= 0.3 is 6.71 Å². The van der Waals surface area contributed by atoms with Crippen LogP contribution in [0.3, 0.4) is 0 Å². The molecule has 2 aromatic heterocycles. The predicted molar refractivity (Wildman–Crippen MR) is 192 cm³/mol. The Morgan fingerprint density at radius 3 is 2.36 bits per heavy atom. The van der Waals surface area contributed by atoms with Gasteiger partial charge in [0.1, 0.15) is 23.3 Å². The molecule has 0 saturated heterocycles. The largest absolute Gasteiger partial charge is 0.466 e. The number of hydrogen-bond acceptors (Lipinski definition) is 5. The zero-order chi connectivity index (χ0) is 31.9. The van der Waals surface area contributed by atoms with E-state index in [2.05, 4.69) is 134 Å². The fourth-order valence-corrected chi connectivity index (χ4v) is 7.33. The molecule has 2 aliphatic heterocycles. The number of aromatic nitrogens is 2. The fourth-order valence-electron chi connectivity index (χ4n) is 7.33. The summed E-state index contributed by atoms with van der Waals surface area (Å²) in [6.45, 7) is 8.89. The highest BCUT2D eigenvalue weighted by Crippen LogP contribution is 2.45. The number of benzene rings is 5. The molecule has 0 amide bonds. The number of fused-ring (bicyclic) bond motifs is 6. The molecule has 0 N–H and O–H groups in total. The first-order valence-electron chi connectivity index (χ1n) is 16.1. The van der Waals surface area contributed by atoms with Gasteiger partial charge < -0.3 is 14.1 Å². The monoisotopic (exact) mass is 609 g/mol. The molecule has 6 heteroatoms. The number of ether oxygens (including phenoxy) is 1. The average molecular weight is 610 g/mol. The molecule has 5 nitrogen and oxygen atoms in total. The summed E-state index contributed by atoms with van der Waals surface area (Å²) in [6.07, 6.45) is 3.34. The first-order chi connectivity index (χ1) is 22.9. The van der Waals surface area contributed by atoms with Crippen LogP contribution in [0.25, 0.3) is 33.4 Å². The van der Waals surface area contributed by atoms with Crippen molar-refractivity contribution >= 4 is 51.3 Å². The number of nitrogens with zero attached hydrogens (tertiary/aromatic N) is 3. The fraction of sp³-hybridized carbons (Fsp3) is 0.122. The van der Waals surface area contributed by atoms with Crippen LogP contribution in [0.1, 0.15) is 31.9 Å². The first-order valence-corrected chi connectivity index (χ1v) is 16.1. The van der Waals surface area contributed by atoms with Crippen molar-refractivity contribution < 1.29 is 9.15 Å². The van der Waals surface area contributed by atoms with Gasteiger partial charge in [0.2, 0.25) is 0 Å². The van der Waals surface area contributed by atoms with Crippen molar-refractivity contribution in [2.75, 3.05) is 4.90 Å². The highest BCUT2D eigenvalue weighted by molar-refractivity contribution is 6.98. The third-order valence-corrected chi connectivity index (χ3v) is 9.67. The zero-order valence-corrected chi connectivity index (χ0v) is 26.8. The summed E-state index contributed by atoms with van der Waals surface area (Å²) in [5.41, 5.74) is 14.2. The molecule has 0 atom stereocenters. The van der Waals surface area contributed by atoms with Crippen molar-refractivity contribution in [3.63, 3.8) is 0 Å². The smallest absolute Gasteiger partial charge is 0.301 e. The molecule has 0 saturated carbocycles. The normalized spacial score (nSPS) is 13.2. The number of rotatable bonds is 3. The Labute approximate surface area is 274 Å². The molecule has 0 fully saturated rings. The van der Waals surface area contributed by atoms with Crippen molar-refractivity contribution in [2.45, 2.75) is 33.1 Å². The molecule has 0 unspecified atom stereocenters. The lowest BCUT2D eigenvalue weighted by molar-refractivity contribution is 0.482. The lowest BCUT2D eigenvalue weighted by Crippen LogP contribution is -2.59. The molecule has 226 valence electrons. The maximum absolute atomic E-state index is 6.78. The minimum Gasteiger partial charge on any atom is -0.466 e. The van der Waals surface area contributed by atoms with E-state index in [-0.39, 0.29) is 12.1 Å². The average Bonchev–Trinajstić information content (AvgIpc) is 3.46. The van der Waals surface area contributed by atoms with Crippen LogP contribution in [0, 0.1) is 6.92 Å². The maximum atomic E-state index is 6.78. The van der Waals surface area contributed by atoms with Crippen molar-refractivity contribution in [3.8, 4) is 33.9 Å². The summed E-state index contributed by atoms with van der Waals surface area (Å²) < 4.78 is 13.5. The van der Waals surface area contributed by atoms with Gasteiger partial charge in [-0.2, -0.15) is 0 Å². The van der Waals surface area contributed by atoms with Gasteiger partial charge in [-0.1, -0.05) is 81.4 Å². The minimum absolute atomic E-state index is 0.0951. The van der Waals surface area contributed by atoms with Crippen molar-refractivity contribution in [2.24, 2.45) is 0 Å². The third kappa shape index (κ3) is 4.25. The van der Waals surface area contributed by atoms with E-state index in [1.54, 1.807) is 12.5 Å². The van der Waals surface area contributed by atoms with Crippen LogP contribution in [0.2, 0.25) is 0 Å². The van der Waals surface area contributed by atoms with Gasteiger partial charge in [-0.05, 0) is 88.6 Å². The number of anilines is 3. The lowest BCUT2D eigenvalue weighted by atomic mass is 9.36. The Hall–Kier alpha value is -5.62. The van der Waals surface area contributed by atoms with Crippen LogP contribution in [-0.2, 0) is 5.41 Å². The number of furan rings is 1. The predicted octanol–water partition coefficient (Wildman–Crippen LogP) is 8.57. The molecule has 9 rings (SSSR count). The molecule has 4 heterocycles. The molecular formula is C41H32BN3O2. The highest BCUT2D eigenvalue weighted by Gasteiger charge is 2.45. The second-order valence-electron chi connectivity index (χ2n) is 13.5. The molecule has 0 spiro atoms. The van der Waals surface area contributed by atoms with Gasteiger partial charge in [-0.15, -0.1) is 0 Å². The van der Waals surface area contributed by atoms with E-state index >= 15 is 0 Å². The molecule has 7 aromatic rings. The molecule has 5 aromatic carbocycles. The van der Waals surface area contributed by atoms with E-state index in [1.165, 1.54) is 33.4 Å². The van der Waals surface area contributed by atoms with Gasteiger partial charge in [0.05, 0.1) is 11.1 Å². The summed E-state index contributed by atoms with van der Waals surface area (Å²) in [5, 5.41) is 0.937. The Bertz CT molecular complexity index is 2320. The number of para-hydroxylation sites is 1.